The van der Waals surface area contributed by atoms with Crippen molar-refractivity contribution in [1.82, 2.24) is 0 Å². The first-order valence-electron chi connectivity index (χ1n) is 4.97. The zero-order chi connectivity index (χ0) is 8.39. The van der Waals surface area contributed by atoms with E-state index in [1.807, 2.05) is 0 Å². The van der Waals surface area contributed by atoms with Gasteiger partial charge in [0.05, 0.1) is 6.04 Å². The van der Waals surface area contributed by atoms with Crippen LogP contribution in [0, 0.1) is 11.8 Å². The molecule has 0 radical (unpaired) electrons. The van der Waals surface area contributed by atoms with Crippen molar-refractivity contribution in [3.8, 4) is 0 Å². The highest BCUT2D eigenvalue weighted by molar-refractivity contribution is 5.33. The van der Waals surface area contributed by atoms with Crippen molar-refractivity contribution in [2.45, 2.75) is 44.6 Å². The van der Waals surface area contributed by atoms with Gasteiger partial charge in [-0.1, -0.05) is 25.7 Å². The molecule has 2 rings (SSSR count). The molecule has 2 nitrogen and oxygen atoms in total. The van der Waals surface area contributed by atoms with E-state index in [4.69, 9.17) is 0 Å². The van der Waals surface area contributed by atoms with E-state index in [9.17, 15) is 4.79 Å². The molecule has 0 bridgehead atoms. The number of aliphatic imine (C=N–C) groups is 1. The molecule has 2 atom stereocenters. The number of hydrogen-bond acceptors (Lipinski definition) is 2. The molecular formula is C10H15NO. The van der Waals surface area contributed by atoms with Crippen LogP contribution < -0.4 is 0 Å². The van der Waals surface area contributed by atoms with Crippen molar-refractivity contribution < 1.29 is 4.79 Å². The van der Waals surface area contributed by atoms with Gasteiger partial charge in [0.2, 0.25) is 6.08 Å². The lowest BCUT2D eigenvalue weighted by atomic mass is 9.82. The van der Waals surface area contributed by atoms with E-state index in [-0.39, 0.29) is 0 Å². The van der Waals surface area contributed by atoms with E-state index in [1.165, 1.54) is 25.7 Å². The van der Waals surface area contributed by atoms with E-state index in [0.717, 1.165) is 24.7 Å². The van der Waals surface area contributed by atoms with Crippen molar-refractivity contribution in [1.29, 1.82) is 0 Å². The molecule has 0 N–H and O–H groups in total. The van der Waals surface area contributed by atoms with E-state index in [0.29, 0.717) is 6.04 Å². The molecule has 0 saturated heterocycles. The summed E-state index contributed by atoms with van der Waals surface area (Å²) in [4.78, 5) is 13.9. The molecule has 0 aromatic carbocycles. The first-order valence-corrected chi connectivity index (χ1v) is 4.97. The molecule has 2 aliphatic carbocycles. The van der Waals surface area contributed by atoms with Crippen molar-refractivity contribution >= 4 is 6.08 Å². The zero-order valence-electron chi connectivity index (χ0n) is 7.33. The van der Waals surface area contributed by atoms with Gasteiger partial charge in [-0.25, -0.2) is 9.79 Å². The van der Waals surface area contributed by atoms with Gasteiger partial charge < -0.3 is 0 Å². The molecule has 0 aliphatic heterocycles. The normalized spacial score (nSPS) is 40.2. The number of nitrogens with zero attached hydrogens (tertiary/aromatic N) is 1. The molecule has 12 heavy (non-hydrogen) atoms. The third kappa shape index (κ3) is 1.44. The average Bonchev–Trinajstić information content (AvgIpc) is 2.47. The SMILES string of the molecule is O=C=NC1CC2CCCCC2C1. The van der Waals surface area contributed by atoms with Gasteiger partial charge in [0.1, 0.15) is 0 Å². The molecule has 0 aromatic heterocycles. The Morgan fingerprint density at radius 1 is 1.08 bits per heavy atom. The Bertz CT molecular complexity index is 194. The van der Waals surface area contributed by atoms with E-state index in [2.05, 4.69) is 4.99 Å². The van der Waals surface area contributed by atoms with Gasteiger partial charge in [-0.3, -0.25) is 0 Å². The molecule has 2 unspecified atom stereocenters. The van der Waals surface area contributed by atoms with E-state index < -0.39 is 0 Å². The molecular weight excluding hydrogens is 150 g/mol. The van der Waals surface area contributed by atoms with Gasteiger partial charge >= 0.3 is 0 Å². The highest BCUT2D eigenvalue weighted by Gasteiger charge is 2.35. The highest BCUT2D eigenvalue weighted by atomic mass is 16.1. The van der Waals surface area contributed by atoms with Crippen molar-refractivity contribution in [2.75, 3.05) is 0 Å². The minimum atomic E-state index is 0.315. The van der Waals surface area contributed by atoms with Crippen molar-refractivity contribution in [2.24, 2.45) is 16.8 Å². The van der Waals surface area contributed by atoms with Gasteiger partial charge in [0, 0.05) is 0 Å². The predicted molar refractivity (Wildman–Crippen MR) is 46.6 cm³/mol. The smallest absolute Gasteiger partial charge is 0.211 e. The third-order valence-corrected chi connectivity index (χ3v) is 3.45. The fraction of sp³-hybridized carbons (Fsp3) is 0.900. The molecule has 0 heterocycles. The average molecular weight is 165 g/mol. The van der Waals surface area contributed by atoms with E-state index >= 15 is 0 Å². The molecule has 2 heteroatoms. The Morgan fingerprint density at radius 2 is 1.67 bits per heavy atom. The van der Waals surface area contributed by atoms with Crippen LogP contribution in [0.5, 0.6) is 0 Å². The highest BCUT2D eigenvalue weighted by Crippen LogP contribution is 2.43. The Hall–Kier alpha value is -0.620. The number of carbonyl (C=O) groups excluding carboxylic acids is 1. The first-order chi connectivity index (χ1) is 5.90. The molecule has 0 amide bonds. The summed E-state index contributed by atoms with van der Waals surface area (Å²) in [5, 5.41) is 0. The van der Waals surface area contributed by atoms with Gasteiger partial charge in [-0.05, 0) is 24.7 Å². The summed E-state index contributed by atoms with van der Waals surface area (Å²) in [6, 6.07) is 0.315. The van der Waals surface area contributed by atoms with Crippen LogP contribution in [-0.2, 0) is 4.79 Å². The summed E-state index contributed by atoms with van der Waals surface area (Å²) >= 11 is 0. The van der Waals surface area contributed by atoms with Crippen LogP contribution in [0.15, 0.2) is 4.99 Å². The number of fused-ring (bicyclic) bond motifs is 1. The van der Waals surface area contributed by atoms with Crippen LogP contribution in [-0.4, -0.2) is 12.1 Å². The summed E-state index contributed by atoms with van der Waals surface area (Å²) in [5.74, 6) is 1.75. The zero-order valence-corrected chi connectivity index (χ0v) is 7.33. The lowest BCUT2D eigenvalue weighted by molar-refractivity contribution is 0.277. The maximum atomic E-state index is 10.1. The van der Waals surface area contributed by atoms with Crippen LogP contribution in [0.3, 0.4) is 0 Å². The Kier molecular flexibility index (Phi) is 2.27. The summed E-state index contributed by atoms with van der Waals surface area (Å²) in [6.45, 7) is 0. The number of hydrogen-bond donors (Lipinski definition) is 0. The Labute approximate surface area is 73.1 Å². The second kappa shape index (κ2) is 3.40. The Balaban J connectivity index is 1.98. The van der Waals surface area contributed by atoms with Crippen molar-refractivity contribution in [3.63, 3.8) is 0 Å². The molecule has 0 aromatic rings. The molecule has 66 valence electrons. The lowest BCUT2D eigenvalue weighted by Gasteiger charge is -2.23. The molecule has 0 spiro atoms. The largest absolute Gasteiger partial charge is 0.235 e. The van der Waals surface area contributed by atoms with Crippen LogP contribution in [0.25, 0.3) is 0 Å². The fourth-order valence-corrected chi connectivity index (χ4v) is 2.88. The predicted octanol–water partition coefficient (Wildman–Crippen LogP) is 2.29. The van der Waals surface area contributed by atoms with Gasteiger partial charge in [-0.2, -0.15) is 0 Å². The van der Waals surface area contributed by atoms with Crippen LogP contribution in [0.4, 0.5) is 0 Å². The summed E-state index contributed by atoms with van der Waals surface area (Å²) in [7, 11) is 0. The minimum absolute atomic E-state index is 0.315. The second-order valence-electron chi connectivity index (χ2n) is 4.15. The van der Waals surface area contributed by atoms with Crippen LogP contribution in [0.2, 0.25) is 0 Å². The van der Waals surface area contributed by atoms with Crippen LogP contribution in [0.1, 0.15) is 38.5 Å². The molecule has 2 aliphatic rings. The summed E-state index contributed by atoms with van der Waals surface area (Å²) < 4.78 is 0. The van der Waals surface area contributed by atoms with Crippen molar-refractivity contribution in [3.05, 3.63) is 0 Å². The number of isocyanates is 1. The van der Waals surface area contributed by atoms with Gasteiger partial charge in [0.25, 0.3) is 0 Å². The van der Waals surface area contributed by atoms with Gasteiger partial charge in [0.15, 0.2) is 0 Å². The second-order valence-corrected chi connectivity index (χ2v) is 4.15. The summed E-state index contributed by atoms with van der Waals surface area (Å²) in [6.07, 6.45) is 9.52. The lowest BCUT2D eigenvalue weighted by Crippen LogP contribution is -2.12. The minimum Gasteiger partial charge on any atom is -0.211 e. The first kappa shape index (κ1) is 8.00. The quantitative estimate of drug-likeness (QED) is 0.433. The van der Waals surface area contributed by atoms with Gasteiger partial charge in [-0.15, -0.1) is 0 Å². The standard InChI is InChI=1S/C10H15NO/c12-7-11-10-5-8-3-1-2-4-9(8)6-10/h8-10H,1-6H2. The maximum Gasteiger partial charge on any atom is 0.235 e. The summed E-state index contributed by atoms with van der Waals surface area (Å²) in [5.41, 5.74) is 0. The monoisotopic (exact) mass is 165 g/mol. The van der Waals surface area contributed by atoms with E-state index in [1.54, 1.807) is 6.08 Å². The fourth-order valence-electron chi connectivity index (χ4n) is 2.88. The maximum absolute atomic E-state index is 10.1. The Morgan fingerprint density at radius 3 is 2.17 bits per heavy atom. The van der Waals surface area contributed by atoms with Crippen LogP contribution >= 0.6 is 0 Å². The molecule has 2 saturated carbocycles. The third-order valence-electron chi connectivity index (χ3n) is 3.45. The number of rotatable bonds is 1. The molecule has 2 fully saturated rings. The topological polar surface area (TPSA) is 29.4 Å².